The van der Waals surface area contributed by atoms with E-state index in [-0.39, 0.29) is 37.1 Å². The van der Waals surface area contributed by atoms with Crippen LogP contribution in [0.4, 0.5) is 5.82 Å². The molecule has 7 heteroatoms. The van der Waals surface area contributed by atoms with Crippen molar-refractivity contribution in [2.45, 2.75) is 45.7 Å². The number of aromatic nitrogens is 4. The fourth-order valence-corrected chi connectivity index (χ4v) is 3.25. The van der Waals surface area contributed by atoms with E-state index in [1.54, 1.807) is 6.33 Å². The van der Waals surface area contributed by atoms with Crippen LogP contribution in [0.1, 0.15) is 57.1 Å². The van der Waals surface area contributed by atoms with Crippen molar-refractivity contribution < 1.29 is 10.2 Å². The van der Waals surface area contributed by atoms with Crippen molar-refractivity contribution in [3.8, 4) is 0 Å². The molecule has 2 aromatic heterocycles. The average Bonchev–Trinajstić information content (AvgIpc) is 3.11. The number of hydrogen-bond acceptors (Lipinski definition) is 6. The molecule has 0 fully saturated rings. The molecule has 0 aliphatic carbocycles. The molecule has 2 atom stereocenters. The largest absolute Gasteiger partial charge is 0.396 e. The number of benzene rings is 1. The van der Waals surface area contributed by atoms with E-state index in [1.165, 1.54) is 0 Å². The van der Waals surface area contributed by atoms with Crippen molar-refractivity contribution in [1.29, 1.82) is 0 Å². The number of anilines is 1. The second kappa shape index (κ2) is 8.67. The first-order valence-electron chi connectivity index (χ1n) is 9.73. The molecule has 150 valence electrons. The van der Waals surface area contributed by atoms with Crippen molar-refractivity contribution in [2.24, 2.45) is 5.92 Å². The summed E-state index contributed by atoms with van der Waals surface area (Å²) in [6.45, 7) is 8.12. The minimum atomic E-state index is -0.317. The lowest BCUT2D eigenvalue weighted by Crippen LogP contribution is -2.20. The predicted molar refractivity (Wildman–Crippen MR) is 110 cm³/mol. The van der Waals surface area contributed by atoms with Gasteiger partial charge in [-0.3, -0.25) is 0 Å². The summed E-state index contributed by atoms with van der Waals surface area (Å²) in [6.07, 6.45) is 1.76. The summed E-state index contributed by atoms with van der Waals surface area (Å²) in [4.78, 5) is 14.0. The normalized spacial score (nSPS) is 14.0. The van der Waals surface area contributed by atoms with Gasteiger partial charge in [0.25, 0.3) is 0 Å². The molecular weight excluding hydrogens is 354 g/mol. The van der Waals surface area contributed by atoms with Crippen LogP contribution in [0.15, 0.2) is 36.7 Å². The zero-order valence-corrected chi connectivity index (χ0v) is 16.9. The van der Waals surface area contributed by atoms with Crippen LogP contribution < -0.4 is 5.32 Å². The van der Waals surface area contributed by atoms with Crippen LogP contribution in [0.5, 0.6) is 0 Å². The van der Waals surface area contributed by atoms with E-state index in [4.69, 9.17) is 9.97 Å². The number of aliphatic hydroxyl groups is 2. The topological polar surface area (TPSA) is 96.1 Å². The minimum absolute atomic E-state index is 0.0272. The molecular formula is C21H29N5O2. The average molecular weight is 383 g/mol. The Hall–Kier alpha value is -2.51. The Kier molecular flexibility index (Phi) is 6.26. The number of nitrogens with zero attached hydrogens (tertiary/aromatic N) is 4. The Labute approximate surface area is 165 Å². The molecule has 0 bridgehead atoms. The summed E-state index contributed by atoms with van der Waals surface area (Å²) in [5.74, 6) is 1.17. The van der Waals surface area contributed by atoms with Gasteiger partial charge in [-0.05, 0) is 25.3 Å². The van der Waals surface area contributed by atoms with E-state index in [2.05, 4.69) is 24.1 Å². The Balaban J connectivity index is 2.11. The van der Waals surface area contributed by atoms with Gasteiger partial charge in [0.2, 0.25) is 0 Å². The number of hydrogen-bond donors (Lipinski definition) is 3. The monoisotopic (exact) mass is 383 g/mol. The Bertz CT molecular complexity index is 908. The van der Waals surface area contributed by atoms with Crippen LogP contribution in [0.25, 0.3) is 11.2 Å². The highest BCUT2D eigenvalue weighted by Gasteiger charge is 2.23. The zero-order chi connectivity index (χ0) is 20.3. The van der Waals surface area contributed by atoms with Crippen LogP contribution in [0.2, 0.25) is 0 Å². The summed E-state index contributed by atoms with van der Waals surface area (Å²) in [6, 6.07) is 9.62. The van der Waals surface area contributed by atoms with E-state index in [0.717, 1.165) is 11.2 Å². The van der Waals surface area contributed by atoms with Crippen molar-refractivity contribution in [3.63, 3.8) is 0 Å². The molecule has 3 aromatic rings. The molecule has 28 heavy (non-hydrogen) atoms. The minimum Gasteiger partial charge on any atom is -0.396 e. The molecule has 2 heterocycles. The fraction of sp³-hybridized carbons (Fsp3) is 0.476. The van der Waals surface area contributed by atoms with Gasteiger partial charge in [-0.15, -0.1) is 0 Å². The van der Waals surface area contributed by atoms with Gasteiger partial charge < -0.3 is 20.1 Å². The number of rotatable bonds is 8. The van der Waals surface area contributed by atoms with Crippen LogP contribution >= 0.6 is 0 Å². The highest BCUT2D eigenvalue weighted by atomic mass is 16.3. The van der Waals surface area contributed by atoms with E-state index in [1.807, 2.05) is 48.7 Å². The quantitative estimate of drug-likeness (QED) is 0.552. The molecule has 0 saturated carbocycles. The highest BCUT2D eigenvalue weighted by Crippen LogP contribution is 2.29. The summed E-state index contributed by atoms with van der Waals surface area (Å²) < 4.78 is 2.00. The Morgan fingerprint density at radius 2 is 1.71 bits per heavy atom. The molecule has 3 N–H and O–H groups in total. The molecule has 0 amide bonds. The van der Waals surface area contributed by atoms with Gasteiger partial charge in [0.15, 0.2) is 11.5 Å². The maximum atomic E-state index is 9.95. The standard InChI is InChI=1S/C21H29N5O2/c1-13(2)16(10-27)19-24-20(18-21(25-19)26(12-22-18)14(3)4)23-17(11-28)15-8-6-5-7-9-15/h5-9,12-14,16-17,27-28H,10-11H2,1-4H3,(H,23,24,25). The van der Waals surface area contributed by atoms with Crippen molar-refractivity contribution >= 4 is 17.0 Å². The van der Waals surface area contributed by atoms with E-state index in [9.17, 15) is 10.2 Å². The first-order chi connectivity index (χ1) is 13.5. The third-order valence-corrected chi connectivity index (χ3v) is 5.02. The van der Waals surface area contributed by atoms with Crippen molar-refractivity contribution in [1.82, 2.24) is 19.5 Å². The summed E-state index contributed by atoms with van der Waals surface area (Å²) in [7, 11) is 0. The van der Waals surface area contributed by atoms with Gasteiger partial charge in [0, 0.05) is 12.0 Å². The van der Waals surface area contributed by atoms with Gasteiger partial charge in [-0.25, -0.2) is 15.0 Å². The Morgan fingerprint density at radius 1 is 1.00 bits per heavy atom. The third-order valence-electron chi connectivity index (χ3n) is 5.02. The maximum Gasteiger partial charge on any atom is 0.166 e. The van der Waals surface area contributed by atoms with E-state index < -0.39 is 0 Å². The van der Waals surface area contributed by atoms with Gasteiger partial charge in [-0.2, -0.15) is 0 Å². The fourth-order valence-electron chi connectivity index (χ4n) is 3.25. The molecule has 7 nitrogen and oxygen atoms in total. The molecule has 0 spiro atoms. The van der Waals surface area contributed by atoms with Gasteiger partial charge in [0.1, 0.15) is 11.3 Å². The van der Waals surface area contributed by atoms with Crippen molar-refractivity contribution in [3.05, 3.63) is 48.0 Å². The summed E-state index contributed by atoms with van der Waals surface area (Å²) in [5, 5.41) is 23.2. The second-order valence-electron chi connectivity index (χ2n) is 7.67. The number of imidazole rings is 1. The Morgan fingerprint density at radius 3 is 2.29 bits per heavy atom. The van der Waals surface area contributed by atoms with E-state index in [0.29, 0.717) is 17.2 Å². The smallest absolute Gasteiger partial charge is 0.166 e. The lowest BCUT2D eigenvalue weighted by molar-refractivity contribution is 0.232. The lowest BCUT2D eigenvalue weighted by atomic mass is 9.96. The van der Waals surface area contributed by atoms with Gasteiger partial charge in [0.05, 0.1) is 25.6 Å². The van der Waals surface area contributed by atoms with Crippen LogP contribution in [0.3, 0.4) is 0 Å². The number of nitrogens with one attached hydrogen (secondary N) is 1. The van der Waals surface area contributed by atoms with Crippen LogP contribution in [-0.2, 0) is 0 Å². The first-order valence-corrected chi connectivity index (χ1v) is 9.73. The number of aliphatic hydroxyl groups excluding tert-OH is 2. The lowest BCUT2D eigenvalue weighted by Gasteiger charge is -2.21. The summed E-state index contributed by atoms with van der Waals surface area (Å²) >= 11 is 0. The van der Waals surface area contributed by atoms with Crippen LogP contribution in [0, 0.1) is 5.92 Å². The predicted octanol–water partition coefficient (Wildman–Crippen LogP) is 3.28. The maximum absolute atomic E-state index is 9.95. The van der Waals surface area contributed by atoms with Crippen molar-refractivity contribution in [2.75, 3.05) is 18.5 Å². The summed E-state index contributed by atoms with van der Waals surface area (Å²) in [5.41, 5.74) is 2.35. The molecule has 3 rings (SSSR count). The molecule has 0 radical (unpaired) electrons. The molecule has 0 aliphatic heterocycles. The molecule has 1 aromatic carbocycles. The SMILES string of the molecule is CC(C)C(CO)c1nc(NC(CO)c2ccccc2)c2ncn(C(C)C)c2n1. The second-order valence-corrected chi connectivity index (χ2v) is 7.67. The first kappa shape index (κ1) is 20.2. The third kappa shape index (κ3) is 4.00. The molecule has 0 aliphatic rings. The van der Waals surface area contributed by atoms with E-state index >= 15 is 0 Å². The van der Waals surface area contributed by atoms with Gasteiger partial charge in [-0.1, -0.05) is 44.2 Å². The molecule has 2 unspecified atom stereocenters. The van der Waals surface area contributed by atoms with Gasteiger partial charge >= 0.3 is 0 Å². The number of fused-ring (bicyclic) bond motifs is 1. The zero-order valence-electron chi connectivity index (χ0n) is 16.9. The van der Waals surface area contributed by atoms with Crippen LogP contribution in [-0.4, -0.2) is 42.9 Å². The molecule has 0 saturated heterocycles. The highest BCUT2D eigenvalue weighted by molar-refractivity contribution is 5.83.